The number of imidazole rings is 1. The molecule has 37 heavy (non-hydrogen) atoms. The summed E-state index contributed by atoms with van der Waals surface area (Å²) in [6.07, 6.45) is 5.09. The molecule has 4 rings (SSSR count). The summed E-state index contributed by atoms with van der Waals surface area (Å²) in [5.41, 5.74) is 0.333. The number of ether oxygens (including phenoxy) is 1. The number of halogens is 2. The van der Waals surface area contributed by atoms with Gasteiger partial charge in [0.25, 0.3) is 0 Å². The summed E-state index contributed by atoms with van der Waals surface area (Å²) in [7, 11) is 1.54. The van der Waals surface area contributed by atoms with E-state index in [4.69, 9.17) is 16.3 Å². The molecule has 2 unspecified atom stereocenters. The molecule has 0 radical (unpaired) electrons. The summed E-state index contributed by atoms with van der Waals surface area (Å²) < 4.78 is 22.6. The number of hydrogen-bond donors (Lipinski definition) is 3. The van der Waals surface area contributed by atoms with Gasteiger partial charge in [-0.1, -0.05) is 18.0 Å². The molecule has 1 amide bonds. The van der Waals surface area contributed by atoms with E-state index in [1.807, 2.05) is 18.4 Å². The van der Waals surface area contributed by atoms with Crippen LogP contribution in [-0.2, 0) is 10.3 Å². The molecule has 0 bridgehead atoms. The lowest BCUT2D eigenvalue weighted by atomic mass is 10.1. The monoisotopic (exact) mass is 532 g/mol. The Bertz CT molecular complexity index is 1290. The number of aliphatic hydroxyl groups is 1. The van der Waals surface area contributed by atoms with Crippen LogP contribution in [0.5, 0.6) is 0 Å². The van der Waals surface area contributed by atoms with Crippen LogP contribution in [0.15, 0.2) is 18.3 Å². The van der Waals surface area contributed by atoms with Crippen molar-refractivity contribution in [1.29, 1.82) is 0 Å². The third kappa shape index (κ3) is 5.96. The molecule has 1 aliphatic carbocycles. The van der Waals surface area contributed by atoms with Gasteiger partial charge in [0, 0.05) is 31.1 Å². The van der Waals surface area contributed by atoms with Crippen LogP contribution in [-0.4, -0.2) is 49.9 Å². The van der Waals surface area contributed by atoms with Gasteiger partial charge in [-0.3, -0.25) is 0 Å². The predicted molar refractivity (Wildman–Crippen MR) is 141 cm³/mol. The van der Waals surface area contributed by atoms with E-state index in [1.165, 1.54) is 19.3 Å². The van der Waals surface area contributed by atoms with Gasteiger partial charge in [-0.15, -0.1) is 0 Å². The number of nitrogens with one attached hydrogen (secondary N) is 2. The topological polar surface area (TPSA) is 114 Å². The smallest absolute Gasteiger partial charge is 0.407 e. The average Bonchev–Trinajstić information content (AvgIpc) is 3.11. The Morgan fingerprint density at radius 3 is 2.68 bits per heavy atom. The van der Waals surface area contributed by atoms with Crippen molar-refractivity contribution in [1.82, 2.24) is 24.8 Å². The average molecular weight is 533 g/mol. The molecule has 3 N–H and O–H groups in total. The minimum absolute atomic E-state index is 0.00196. The fourth-order valence-corrected chi connectivity index (χ4v) is 5.03. The first-order valence-electron chi connectivity index (χ1n) is 12.6. The largest absolute Gasteiger partial charge is 0.446 e. The predicted octanol–water partition coefficient (Wildman–Crippen LogP) is 5.56. The summed E-state index contributed by atoms with van der Waals surface area (Å²) in [5.74, 6) is 0.214. The van der Waals surface area contributed by atoms with Crippen LogP contribution in [0.25, 0.3) is 22.3 Å². The Balaban J connectivity index is 1.68. The molecule has 3 aromatic rings. The number of amides is 1. The first-order chi connectivity index (χ1) is 17.5. The van der Waals surface area contributed by atoms with Crippen LogP contribution < -0.4 is 10.6 Å². The highest BCUT2D eigenvalue weighted by molar-refractivity contribution is 6.33. The zero-order valence-corrected chi connectivity index (χ0v) is 22.6. The van der Waals surface area contributed by atoms with Crippen LogP contribution in [0.1, 0.15) is 71.7 Å². The van der Waals surface area contributed by atoms with E-state index >= 15 is 4.39 Å². The second-order valence-electron chi connectivity index (χ2n) is 10.3. The number of carbonyl (C=O) groups is 1. The molecule has 11 heteroatoms. The molecule has 9 nitrogen and oxygen atoms in total. The van der Waals surface area contributed by atoms with Crippen LogP contribution in [0.2, 0.25) is 5.02 Å². The molecule has 200 valence electrons. The van der Waals surface area contributed by atoms with E-state index in [0.29, 0.717) is 35.0 Å². The number of hydrogen-bond acceptors (Lipinski definition) is 7. The van der Waals surface area contributed by atoms with E-state index in [2.05, 4.69) is 25.6 Å². The van der Waals surface area contributed by atoms with Gasteiger partial charge in [-0.2, -0.15) is 0 Å². The lowest BCUT2D eigenvalue weighted by Crippen LogP contribution is -2.30. The normalized spacial score (nSPS) is 18.6. The van der Waals surface area contributed by atoms with E-state index in [9.17, 15) is 9.90 Å². The Morgan fingerprint density at radius 1 is 1.27 bits per heavy atom. The Kier molecular flexibility index (Phi) is 7.89. The number of benzene rings is 1. The summed E-state index contributed by atoms with van der Waals surface area (Å²) in [4.78, 5) is 25.1. The van der Waals surface area contributed by atoms with Crippen LogP contribution in [0.3, 0.4) is 0 Å². The molecule has 1 aromatic carbocycles. The molecule has 2 atom stereocenters. The number of nitrogens with zero attached hydrogens (tertiary/aromatic N) is 4. The van der Waals surface area contributed by atoms with Gasteiger partial charge in [0.05, 0.1) is 22.4 Å². The highest BCUT2D eigenvalue weighted by Gasteiger charge is 2.28. The third-order valence-electron chi connectivity index (χ3n) is 6.52. The quantitative estimate of drug-likeness (QED) is 0.356. The maximum absolute atomic E-state index is 15.3. The van der Waals surface area contributed by atoms with E-state index in [0.717, 1.165) is 25.7 Å². The molecule has 0 spiro atoms. The summed E-state index contributed by atoms with van der Waals surface area (Å²) in [6.45, 7) is 7.16. The number of carbonyl (C=O) groups excluding carboxylic acids is 1. The van der Waals surface area contributed by atoms with Gasteiger partial charge < -0.3 is 25.0 Å². The van der Waals surface area contributed by atoms with Gasteiger partial charge in [0.1, 0.15) is 23.0 Å². The number of fused-ring (bicyclic) bond motifs is 1. The molecule has 0 aliphatic heterocycles. The molecule has 1 aliphatic rings. The van der Waals surface area contributed by atoms with Gasteiger partial charge in [0.15, 0.2) is 5.82 Å². The van der Waals surface area contributed by atoms with Crippen molar-refractivity contribution >= 4 is 34.7 Å². The summed E-state index contributed by atoms with van der Waals surface area (Å²) in [5, 5.41) is 16.8. The van der Waals surface area contributed by atoms with Gasteiger partial charge >= 0.3 is 6.09 Å². The minimum Gasteiger partial charge on any atom is -0.446 e. The fourth-order valence-electron chi connectivity index (χ4n) is 4.83. The van der Waals surface area contributed by atoms with Crippen molar-refractivity contribution in [2.24, 2.45) is 0 Å². The Morgan fingerprint density at radius 2 is 2.00 bits per heavy atom. The van der Waals surface area contributed by atoms with E-state index in [1.54, 1.807) is 19.9 Å². The van der Waals surface area contributed by atoms with E-state index < -0.39 is 17.5 Å². The SMILES string of the molecule is CNC(=O)OC1CCCCC(Nc2ncc(Cl)c(-c3cc(F)c4nc(C(C)(C)O)n(C(C)C)c4c3)n2)C1. The van der Waals surface area contributed by atoms with Gasteiger partial charge in [-0.05, 0) is 59.1 Å². The summed E-state index contributed by atoms with van der Waals surface area (Å²) in [6, 6.07) is 3.07. The fraction of sp³-hybridized carbons (Fsp3) is 0.538. The summed E-state index contributed by atoms with van der Waals surface area (Å²) >= 11 is 6.48. The zero-order chi connectivity index (χ0) is 26.9. The third-order valence-corrected chi connectivity index (χ3v) is 6.79. The van der Waals surface area contributed by atoms with Crippen molar-refractivity contribution in [2.45, 2.75) is 83.6 Å². The molecule has 1 saturated carbocycles. The first-order valence-corrected chi connectivity index (χ1v) is 13.0. The number of rotatable bonds is 6. The molecule has 0 saturated heterocycles. The highest BCUT2D eigenvalue weighted by atomic mass is 35.5. The molecule has 2 heterocycles. The van der Waals surface area contributed by atoms with Crippen molar-refractivity contribution in [3.63, 3.8) is 0 Å². The standard InChI is InChI=1S/C26H34ClFN6O3/c1-14(2)34-20-11-15(10-19(28)22(20)32-23(34)26(3,4)36)21-18(27)13-30-24(33-21)31-16-8-6-7-9-17(12-16)37-25(35)29-5/h10-11,13-14,16-17,36H,6-9,12H2,1-5H3,(H,29,35)(H,30,31,33). The van der Waals surface area contributed by atoms with Gasteiger partial charge in [0.2, 0.25) is 5.95 Å². The number of alkyl carbamates (subject to hydrolysis) is 1. The minimum atomic E-state index is -1.25. The number of aromatic nitrogens is 4. The molecular weight excluding hydrogens is 499 g/mol. The zero-order valence-electron chi connectivity index (χ0n) is 21.8. The molecule has 1 fully saturated rings. The lowest BCUT2D eigenvalue weighted by Gasteiger charge is -2.22. The highest BCUT2D eigenvalue weighted by Crippen LogP contribution is 2.35. The first kappa shape index (κ1) is 27.1. The second kappa shape index (κ2) is 10.8. The number of anilines is 1. The van der Waals surface area contributed by atoms with Crippen molar-refractivity contribution < 1.29 is 19.0 Å². The van der Waals surface area contributed by atoms with Crippen molar-refractivity contribution in [3.8, 4) is 11.3 Å². The molecular formula is C26H34ClFN6O3. The van der Waals surface area contributed by atoms with Crippen LogP contribution in [0, 0.1) is 5.82 Å². The second-order valence-corrected chi connectivity index (χ2v) is 10.7. The Labute approximate surface area is 220 Å². The maximum Gasteiger partial charge on any atom is 0.407 e. The molecule has 2 aromatic heterocycles. The lowest BCUT2D eigenvalue weighted by molar-refractivity contribution is 0.0641. The van der Waals surface area contributed by atoms with Crippen molar-refractivity contribution in [3.05, 3.63) is 35.0 Å². The Hall–Kier alpha value is -2.98. The van der Waals surface area contributed by atoms with Gasteiger partial charge in [-0.25, -0.2) is 24.1 Å². The maximum atomic E-state index is 15.3. The van der Waals surface area contributed by atoms with Crippen LogP contribution >= 0.6 is 11.6 Å². The van der Waals surface area contributed by atoms with E-state index in [-0.39, 0.29) is 28.7 Å². The van der Waals surface area contributed by atoms with Crippen LogP contribution in [0.4, 0.5) is 15.1 Å². The van der Waals surface area contributed by atoms with Crippen molar-refractivity contribution in [2.75, 3.05) is 12.4 Å².